The van der Waals surface area contributed by atoms with Crippen LogP contribution in [-0.2, 0) is 0 Å². The number of aromatic amines is 1. The first-order valence-electron chi connectivity index (χ1n) is 4.41. The van der Waals surface area contributed by atoms with Crippen molar-refractivity contribution in [1.29, 1.82) is 0 Å². The number of hydrogen-bond donors (Lipinski definition) is 1. The van der Waals surface area contributed by atoms with Crippen LogP contribution in [0.25, 0.3) is 11.0 Å². The Bertz CT molecular complexity index is 462. The van der Waals surface area contributed by atoms with E-state index in [0.29, 0.717) is 17.9 Å². The minimum absolute atomic E-state index is 0.514. The standard InChI is InChI=1S/C10H10N2O2/c1-2-14-9-3-4-11-10-8(9)5-7(6-13)12-10/h3-6H,2H2,1H3,(H,11,12). The minimum Gasteiger partial charge on any atom is -0.493 e. The van der Waals surface area contributed by atoms with Gasteiger partial charge in [-0.15, -0.1) is 0 Å². The summed E-state index contributed by atoms with van der Waals surface area (Å²) in [4.78, 5) is 17.5. The second kappa shape index (κ2) is 3.49. The van der Waals surface area contributed by atoms with E-state index in [9.17, 15) is 4.79 Å². The Morgan fingerprint density at radius 3 is 3.21 bits per heavy atom. The number of rotatable bonds is 3. The van der Waals surface area contributed by atoms with Gasteiger partial charge in [0, 0.05) is 6.20 Å². The van der Waals surface area contributed by atoms with Crippen molar-refractivity contribution in [2.45, 2.75) is 6.92 Å². The molecular weight excluding hydrogens is 180 g/mol. The van der Waals surface area contributed by atoms with Crippen LogP contribution in [0.1, 0.15) is 17.4 Å². The molecule has 0 bridgehead atoms. The SMILES string of the molecule is CCOc1ccnc2[nH]c(C=O)cc12. The topological polar surface area (TPSA) is 55.0 Å². The normalized spacial score (nSPS) is 10.4. The molecule has 0 radical (unpaired) electrons. The Hall–Kier alpha value is -1.84. The third-order valence-corrected chi connectivity index (χ3v) is 1.94. The lowest BCUT2D eigenvalue weighted by Gasteiger charge is -2.02. The predicted octanol–water partition coefficient (Wildman–Crippen LogP) is 1.77. The zero-order valence-corrected chi connectivity index (χ0v) is 7.78. The Kier molecular flexibility index (Phi) is 2.18. The monoisotopic (exact) mass is 190 g/mol. The molecule has 0 saturated heterocycles. The molecule has 2 heterocycles. The van der Waals surface area contributed by atoms with Crippen LogP contribution < -0.4 is 4.74 Å². The Morgan fingerprint density at radius 2 is 2.50 bits per heavy atom. The van der Waals surface area contributed by atoms with Crippen LogP contribution in [-0.4, -0.2) is 22.9 Å². The number of aromatic nitrogens is 2. The number of ether oxygens (including phenoxy) is 1. The molecule has 0 amide bonds. The molecule has 2 aromatic rings. The van der Waals surface area contributed by atoms with E-state index in [0.717, 1.165) is 17.4 Å². The lowest BCUT2D eigenvalue weighted by Crippen LogP contribution is -1.91. The van der Waals surface area contributed by atoms with E-state index in [4.69, 9.17) is 4.74 Å². The van der Waals surface area contributed by atoms with Crippen LogP contribution in [0.4, 0.5) is 0 Å². The van der Waals surface area contributed by atoms with E-state index in [1.54, 1.807) is 18.3 Å². The largest absolute Gasteiger partial charge is 0.493 e. The molecule has 0 unspecified atom stereocenters. The third-order valence-electron chi connectivity index (χ3n) is 1.94. The highest BCUT2D eigenvalue weighted by molar-refractivity contribution is 5.89. The molecule has 0 aliphatic carbocycles. The molecule has 0 aliphatic rings. The molecule has 0 atom stereocenters. The summed E-state index contributed by atoms with van der Waals surface area (Å²) in [6.07, 6.45) is 2.41. The van der Waals surface area contributed by atoms with E-state index in [-0.39, 0.29) is 0 Å². The molecule has 2 aromatic heterocycles. The highest BCUT2D eigenvalue weighted by Crippen LogP contribution is 2.23. The van der Waals surface area contributed by atoms with E-state index in [2.05, 4.69) is 9.97 Å². The zero-order chi connectivity index (χ0) is 9.97. The molecule has 14 heavy (non-hydrogen) atoms. The maximum atomic E-state index is 10.5. The Labute approximate surface area is 80.9 Å². The number of hydrogen-bond acceptors (Lipinski definition) is 3. The molecule has 4 nitrogen and oxygen atoms in total. The molecule has 72 valence electrons. The van der Waals surface area contributed by atoms with Crippen molar-refractivity contribution in [3.05, 3.63) is 24.0 Å². The van der Waals surface area contributed by atoms with Gasteiger partial charge < -0.3 is 9.72 Å². The molecule has 2 rings (SSSR count). The first-order chi connectivity index (χ1) is 6.85. The van der Waals surface area contributed by atoms with Gasteiger partial charge in [0.2, 0.25) is 0 Å². The number of nitrogens with zero attached hydrogens (tertiary/aromatic N) is 1. The fraction of sp³-hybridized carbons (Fsp3) is 0.200. The summed E-state index contributed by atoms with van der Waals surface area (Å²) in [6.45, 7) is 2.51. The van der Waals surface area contributed by atoms with Crippen LogP contribution in [0.3, 0.4) is 0 Å². The average molecular weight is 190 g/mol. The van der Waals surface area contributed by atoms with E-state index in [1.807, 2.05) is 6.92 Å². The van der Waals surface area contributed by atoms with E-state index < -0.39 is 0 Å². The van der Waals surface area contributed by atoms with Gasteiger partial charge in [0.05, 0.1) is 17.7 Å². The van der Waals surface area contributed by atoms with Crippen LogP contribution in [0, 0.1) is 0 Å². The Morgan fingerprint density at radius 1 is 1.64 bits per heavy atom. The number of aldehydes is 1. The molecule has 0 aliphatic heterocycles. The summed E-state index contributed by atoms with van der Waals surface area (Å²) in [5.41, 5.74) is 1.19. The van der Waals surface area contributed by atoms with Gasteiger partial charge in [0.25, 0.3) is 0 Å². The van der Waals surface area contributed by atoms with Gasteiger partial charge in [0.1, 0.15) is 11.4 Å². The number of H-pyrrole nitrogens is 1. The second-order valence-electron chi connectivity index (χ2n) is 2.85. The summed E-state index contributed by atoms with van der Waals surface area (Å²) < 4.78 is 5.40. The highest BCUT2D eigenvalue weighted by atomic mass is 16.5. The van der Waals surface area contributed by atoms with Crippen molar-refractivity contribution in [3.8, 4) is 5.75 Å². The van der Waals surface area contributed by atoms with Crippen molar-refractivity contribution in [2.75, 3.05) is 6.61 Å². The zero-order valence-electron chi connectivity index (χ0n) is 7.78. The Balaban J connectivity index is 2.60. The lowest BCUT2D eigenvalue weighted by atomic mass is 10.3. The fourth-order valence-electron chi connectivity index (χ4n) is 1.37. The predicted molar refractivity (Wildman–Crippen MR) is 52.7 cm³/mol. The van der Waals surface area contributed by atoms with Crippen molar-refractivity contribution in [1.82, 2.24) is 9.97 Å². The van der Waals surface area contributed by atoms with Crippen molar-refractivity contribution >= 4 is 17.3 Å². The molecule has 0 fully saturated rings. The van der Waals surface area contributed by atoms with Crippen molar-refractivity contribution in [3.63, 3.8) is 0 Å². The van der Waals surface area contributed by atoms with Crippen LogP contribution in [0.5, 0.6) is 5.75 Å². The maximum Gasteiger partial charge on any atom is 0.166 e. The van der Waals surface area contributed by atoms with Crippen LogP contribution in [0.15, 0.2) is 18.3 Å². The lowest BCUT2D eigenvalue weighted by molar-refractivity contribution is 0.112. The number of nitrogens with one attached hydrogen (secondary N) is 1. The maximum absolute atomic E-state index is 10.5. The smallest absolute Gasteiger partial charge is 0.166 e. The van der Waals surface area contributed by atoms with Crippen molar-refractivity contribution < 1.29 is 9.53 Å². The summed E-state index contributed by atoms with van der Waals surface area (Å²) in [5.74, 6) is 0.752. The summed E-state index contributed by atoms with van der Waals surface area (Å²) in [6, 6.07) is 3.52. The first kappa shape index (κ1) is 8.74. The van der Waals surface area contributed by atoms with Crippen LogP contribution >= 0.6 is 0 Å². The first-order valence-corrected chi connectivity index (χ1v) is 4.41. The van der Waals surface area contributed by atoms with E-state index >= 15 is 0 Å². The fourth-order valence-corrected chi connectivity index (χ4v) is 1.37. The van der Waals surface area contributed by atoms with Gasteiger partial charge in [-0.2, -0.15) is 0 Å². The highest BCUT2D eigenvalue weighted by Gasteiger charge is 2.05. The van der Waals surface area contributed by atoms with Gasteiger partial charge in [0.15, 0.2) is 6.29 Å². The second-order valence-corrected chi connectivity index (χ2v) is 2.85. The summed E-state index contributed by atoms with van der Waals surface area (Å²) >= 11 is 0. The molecular formula is C10H10N2O2. The van der Waals surface area contributed by atoms with Gasteiger partial charge in [-0.25, -0.2) is 4.98 Å². The quantitative estimate of drug-likeness (QED) is 0.750. The van der Waals surface area contributed by atoms with E-state index in [1.165, 1.54) is 0 Å². The molecule has 0 aromatic carbocycles. The average Bonchev–Trinajstić information content (AvgIpc) is 2.62. The molecule has 0 spiro atoms. The van der Waals surface area contributed by atoms with Crippen molar-refractivity contribution in [2.24, 2.45) is 0 Å². The van der Waals surface area contributed by atoms with Gasteiger partial charge in [-0.05, 0) is 19.1 Å². The number of carbonyl (C=O) groups is 1. The summed E-state index contributed by atoms with van der Waals surface area (Å²) in [5, 5.41) is 0.844. The molecule has 1 N–H and O–H groups in total. The number of pyridine rings is 1. The number of carbonyl (C=O) groups excluding carboxylic acids is 1. The summed E-state index contributed by atoms with van der Waals surface area (Å²) in [7, 11) is 0. The molecule has 0 saturated carbocycles. The third kappa shape index (κ3) is 1.35. The molecule has 4 heteroatoms. The van der Waals surface area contributed by atoms with Gasteiger partial charge in [-0.3, -0.25) is 4.79 Å². The number of fused-ring (bicyclic) bond motifs is 1. The van der Waals surface area contributed by atoms with Gasteiger partial charge in [-0.1, -0.05) is 0 Å². The van der Waals surface area contributed by atoms with Gasteiger partial charge >= 0.3 is 0 Å². The minimum atomic E-state index is 0.514. The van der Waals surface area contributed by atoms with Crippen LogP contribution in [0.2, 0.25) is 0 Å².